The summed E-state index contributed by atoms with van der Waals surface area (Å²) in [6.45, 7) is 4.82. The molecule has 0 spiro atoms. The summed E-state index contributed by atoms with van der Waals surface area (Å²) in [5.41, 5.74) is 0. The predicted molar refractivity (Wildman–Crippen MR) is 83.8 cm³/mol. The molecule has 0 aliphatic carbocycles. The van der Waals surface area contributed by atoms with Crippen LogP contribution in [-0.4, -0.2) is 55.2 Å². The zero-order valence-corrected chi connectivity index (χ0v) is 14.4. The molecule has 9 heteroatoms. The minimum atomic E-state index is -3.54. The standard InChI is InChI=1S/C12H24N2O5S2/c1-5-21(18,19)14-9(6-7-20-4)11(15)13-10(8(2)3)12(16)17/h8-10,14H,5-7H2,1-4H3,(H,13,15)(H,16,17)/t9?,10-/m1/s1. The number of carboxylic acids is 1. The molecule has 0 aliphatic heterocycles. The van der Waals surface area contributed by atoms with Gasteiger partial charge >= 0.3 is 5.97 Å². The number of nitrogens with one attached hydrogen (secondary N) is 2. The van der Waals surface area contributed by atoms with Crippen LogP contribution in [0.2, 0.25) is 0 Å². The number of sulfonamides is 1. The highest BCUT2D eigenvalue weighted by Gasteiger charge is 2.29. The normalized spacial score (nSPS) is 14.7. The molecule has 0 saturated carbocycles. The molecule has 7 nitrogen and oxygen atoms in total. The second kappa shape index (κ2) is 9.26. The molecule has 0 aliphatic rings. The van der Waals surface area contributed by atoms with Crippen LogP contribution in [0.1, 0.15) is 27.2 Å². The third kappa shape index (κ3) is 7.68. The van der Waals surface area contributed by atoms with Crippen LogP contribution in [0.15, 0.2) is 0 Å². The maximum atomic E-state index is 12.2. The molecule has 0 radical (unpaired) electrons. The molecule has 2 atom stereocenters. The number of rotatable bonds is 10. The van der Waals surface area contributed by atoms with E-state index in [1.54, 1.807) is 13.8 Å². The van der Waals surface area contributed by atoms with E-state index in [9.17, 15) is 18.0 Å². The Bertz CT molecular complexity index is 451. The zero-order valence-electron chi connectivity index (χ0n) is 12.8. The maximum Gasteiger partial charge on any atom is 0.326 e. The molecule has 124 valence electrons. The molecule has 0 heterocycles. The van der Waals surface area contributed by atoms with E-state index < -0.39 is 34.0 Å². The smallest absolute Gasteiger partial charge is 0.326 e. The van der Waals surface area contributed by atoms with Crippen LogP contribution in [0, 0.1) is 5.92 Å². The first-order chi connectivity index (χ1) is 9.64. The van der Waals surface area contributed by atoms with E-state index >= 15 is 0 Å². The van der Waals surface area contributed by atoms with E-state index in [0.717, 1.165) is 0 Å². The Labute approximate surface area is 130 Å². The van der Waals surface area contributed by atoms with Crippen molar-refractivity contribution in [3.8, 4) is 0 Å². The van der Waals surface area contributed by atoms with E-state index in [1.807, 2.05) is 6.26 Å². The van der Waals surface area contributed by atoms with Crippen molar-refractivity contribution in [2.75, 3.05) is 17.8 Å². The molecule has 0 aromatic rings. The third-order valence-electron chi connectivity index (χ3n) is 2.86. The minimum absolute atomic E-state index is 0.136. The molecule has 0 bridgehead atoms. The van der Waals surface area contributed by atoms with Gasteiger partial charge in [0.05, 0.1) is 5.75 Å². The number of carboxylic acid groups (broad SMARTS) is 1. The van der Waals surface area contributed by atoms with Gasteiger partial charge in [-0.2, -0.15) is 11.8 Å². The van der Waals surface area contributed by atoms with Crippen molar-refractivity contribution in [2.24, 2.45) is 5.92 Å². The van der Waals surface area contributed by atoms with Crippen molar-refractivity contribution >= 4 is 33.7 Å². The van der Waals surface area contributed by atoms with Crippen molar-refractivity contribution in [3.63, 3.8) is 0 Å². The van der Waals surface area contributed by atoms with Crippen LogP contribution < -0.4 is 10.0 Å². The third-order valence-corrected chi connectivity index (χ3v) is 4.91. The SMILES string of the molecule is CCS(=O)(=O)NC(CCSC)C(=O)N[C@@H](C(=O)O)C(C)C. The lowest BCUT2D eigenvalue weighted by molar-refractivity contribution is -0.143. The first kappa shape index (κ1) is 20.2. The van der Waals surface area contributed by atoms with E-state index in [1.165, 1.54) is 18.7 Å². The lowest BCUT2D eigenvalue weighted by Crippen LogP contribution is -2.53. The van der Waals surface area contributed by atoms with Gasteiger partial charge in [-0.05, 0) is 31.3 Å². The van der Waals surface area contributed by atoms with Crippen molar-refractivity contribution < 1.29 is 23.1 Å². The molecule has 0 rings (SSSR count). The van der Waals surface area contributed by atoms with Crippen LogP contribution in [0.25, 0.3) is 0 Å². The second-order valence-electron chi connectivity index (χ2n) is 4.92. The Balaban J connectivity index is 4.98. The summed E-state index contributed by atoms with van der Waals surface area (Å²) in [6, 6.07) is -2.00. The summed E-state index contributed by atoms with van der Waals surface area (Å²) in [7, 11) is -3.54. The van der Waals surface area contributed by atoms with Crippen molar-refractivity contribution in [3.05, 3.63) is 0 Å². The molecular formula is C12H24N2O5S2. The number of thioether (sulfide) groups is 1. The summed E-state index contributed by atoms with van der Waals surface area (Å²) in [6.07, 6.45) is 2.15. The number of aliphatic carboxylic acids is 1. The highest BCUT2D eigenvalue weighted by molar-refractivity contribution is 7.98. The average Bonchev–Trinajstić information content (AvgIpc) is 2.39. The Hall–Kier alpha value is -0.800. The van der Waals surface area contributed by atoms with Crippen LogP contribution in [-0.2, 0) is 19.6 Å². The molecule has 0 aromatic heterocycles. The monoisotopic (exact) mass is 340 g/mol. The number of amides is 1. The molecule has 0 aromatic carbocycles. The molecule has 0 saturated heterocycles. The molecule has 1 amide bonds. The first-order valence-electron chi connectivity index (χ1n) is 6.66. The van der Waals surface area contributed by atoms with Crippen molar-refractivity contribution in [1.29, 1.82) is 0 Å². The quantitative estimate of drug-likeness (QED) is 0.526. The molecule has 3 N–H and O–H groups in total. The van der Waals surface area contributed by atoms with Gasteiger partial charge in [-0.25, -0.2) is 17.9 Å². The minimum Gasteiger partial charge on any atom is -0.480 e. The van der Waals surface area contributed by atoms with Gasteiger partial charge in [-0.3, -0.25) is 4.79 Å². The van der Waals surface area contributed by atoms with Gasteiger partial charge < -0.3 is 10.4 Å². The van der Waals surface area contributed by atoms with E-state index in [0.29, 0.717) is 12.2 Å². The highest BCUT2D eigenvalue weighted by Crippen LogP contribution is 2.06. The molecule has 1 unspecified atom stereocenters. The molecular weight excluding hydrogens is 316 g/mol. The van der Waals surface area contributed by atoms with Crippen LogP contribution in [0.5, 0.6) is 0 Å². The average molecular weight is 340 g/mol. The maximum absolute atomic E-state index is 12.2. The summed E-state index contributed by atoms with van der Waals surface area (Å²) in [5, 5.41) is 11.5. The van der Waals surface area contributed by atoms with Crippen LogP contribution in [0.3, 0.4) is 0 Å². The number of hydrogen-bond acceptors (Lipinski definition) is 5. The van der Waals surface area contributed by atoms with E-state index in [4.69, 9.17) is 5.11 Å². The predicted octanol–water partition coefficient (Wildman–Crippen LogP) is 0.273. The fraction of sp³-hybridized carbons (Fsp3) is 0.833. The molecule has 21 heavy (non-hydrogen) atoms. The van der Waals surface area contributed by atoms with Gasteiger partial charge in [-0.1, -0.05) is 13.8 Å². The Morgan fingerprint density at radius 1 is 1.29 bits per heavy atom. The topological polar surface area (TPSA) is 113 Å². The Kier molecular flexibility index (Phi) is 8.91. The van der Waals surface area contributed by atoms with Gasteiger partial charge in [0.2, 0.25) is 15.9 Å². The Morgan fingerprint density at radius 3 is 2.24 bits per heavy atom. The summed E-state index contributed by atoms with van der Waals surface area (Å²) < 4.78 is 25.5. The van der Waals surface area contributed by atoms with Crippen LogP contribution >= 0.6 is 11.8 Å². The lowest BCUT2D eigenvalue weighted by Gasteiger charge is -2.22. The lowest BCUT2D eigenvalue weighted by atomic mass is 10.0. The zero-order chi connectivity index (χ0) is 16.6. The molecule has 0 fully saturated rings. The van der Waals surface area contributed by atoms with Gasteiger partial charge in [0, 0.05) is 0 Å². The summed E-state index contributed by atoms with van der Waals surface area (Å²) in [4.78, 5) is 23.2. The van der Waals surface area contributed by atoms with E-state index in [2.05, 4.69) is 10.0 Å². The highest BCUT2D eigenvalue weighted by atomic mass is 32.2. The largest absolute Gasteiger partial charge is 0.480 e. The fourth-order valence-corrected chi connectivity index (χ4v) is 2.84. The van der Waals surface area contributed by atoms with E-state index in [-0.39, 0.29) is 11.7 Å². The Morgan fingerprint density at radius 2 is 1.86 bits per heavy atom. The van der Waals surface area contributed by atoms with Gasteiger partial charge in [0.1, 0.15) is 12.1 Å². The second-order valence-corrected chi connectivity index (χ2v) is 7.95. The fourth-order valence-electron chi connectivity index (χ4n) is 1.55. The summed E-state index contributed by atoms with van der Waals surface area (Å²) >= 11 is 1.48. The van der Waals surface area contributed by atoms with Crippen molar-refractivity contribution in [1.82, 2.24) is 10.0 Å². The van der Waals surface area contributed by atoms with Crippen LogP contribution in [0.4, 0.5) is 0 Å². The van der Waals surface area contributed by atoms with Gasteiger partial charge in [0.25, 0.3) is 0 Å². The number of carbonyl (C=O) groups is 2. The van der Waals surface area contributed by atoms with Gasteiger partial charge in [0.15, 0.2) is 0 Å². The van der Waals surface area contributed by atoms with Gasteiger partial charge in [-0.15, -0.1) is 0 Å². The first-order valence-corrected chi connectivity index (χ1v) is 9.71. The number of carbonyl (C=O) groups excluding carboxylic acids is 1. The van der Waals surface area contributed by atoms with Crippen molar-refractivity contribution in [2.45, 2.75) is 39.3 Å². The summed E-state index contributed by atoms with van der Waals surface area (Å²) in [5.74, 6) is -1.59. The number of hydrogen-bond donors (Lipinski definition) is 3.